The molecule has 0 spiro atoms. The predicted molar refractivity (Wildman–Crippen MR) is 84.3 cm³/mol. The molecular weight excluding hydrogens is 268 g/mol. The maximum atomic E-state index is 5.32. The molecule has 0 unspecified atom stereocenters. The molecule has 2 heterocycles. The van der Waals surface area contributed by atoms with Crippen molar-refractivity contribution in [3.05, 3.63) is 60.4 Å². The smallest absolute Gasteiger partial charge is 0.137 e. The largest absolute Gasteiger partial charge is 0.318 e. The average molecular weight is 282 g/mol. The molecule has 2 aromatic heterocycles. The van der Waals surface area contributed by atoms with Gasteiger partial charge in [0.05, 0.1) is 16.9 Å². The molecule has 0 aliphatic carbocycles. The third-order valence-electron chi connectivity index (χ3n) is 3.17. The number of benzene rings is 1. The summed E-state index contributed by atoms with van der Waals surface area (Å²) < 4.78 is 2.07. The van der Waals surface area contributed by atoms with Gasteiger partial charge in [0.25, 0.3) is 0 Å². The van der Waals surface area contributed by atoms with Crippen molar-refractivity contribution < 1.29 is 0 Å². The topological polar surface area (TPSA) is 55.3 Å². The lowest BCUT2D eigenvalue weighted by Gasteiger charge is -2.06. The highest BCUT2D eigenvalue weighted by Gasteiger charge is 2.06. The van der Waals surface area contributed by atoms with Crippen LogP contribution in [0.3, 0.4) is 0 Å². The van der Waals surface area contributed by atoms with E-state index in [1.165, 1.54) is 0 Å². The van der Waals surface area contributed by atoms with Gasteiger partial charge in [0, 0.05) is 18.2 Å². The zero-order chi connectivity index (χ0) is 13.9. The molecule has 20 heavy (non-hydrogen) atoms. The summed E-state index contributed by atoms with van der Waals surface area (Å²) in [7, 11) is 0. The minimum Gasteiger partial charge on any atom is -0.318 e. The van der Waals surface area contributed by atoms with Gasteiger partial charge in [-0.25, -0.2) is 4.98 Å². The Bertz CT molecular complexity index is 763. The second-order valence-electron chi connectivity index (χ2n) is 4.52. The van der Waals surface area contributed by atoms with Gasteiger partial charge in [0.2, 0.25) is 0 Å². The minimum atomic E-state index is 0.625. The monoisotopic (exact) mass is 282 g/mol. The molecule has 100 valence electrons. The Balaban J connectivity index is 2.02. The molecule has 0 saturated carbocycles. The molecule has 5 heteroatoms. The number of hydrazine groups is 1. The van der Waals surface area contributed by atoms with Crippen molar-refractivity contribution in [2.24, 2.45) is 5.84 Å². The van der Waals surface area contributed by atoms with Gasteiger partial charge >= 0.3 is 0 Å². The maximum absolute atomic E-state index is 5.32. The minimum absolute atomic E-state index is 0.625. The van der Waals surface area contributed by atoms with Crippen molar-refractivity contribution in [1.29, 1.82) is 0 Å². The van der Waals surface area contributed by atoms with E-state index < -0.39 is 0 Å². The van der Waals surface area contributed by atoms with Gasteiger partial charge in [0.1, 0.15) is 5.65 Å². The van der Waals surface area contributed by atoms with Crippen molar-refractivity contribution in [2.45, 2.75) is 6.42 Å². The fraction of sp³-hybridized carbons (Fsp3) is 0.0667. The molecule has 0 bridgehead atoms. The molecule has 0 aliphatic heterocycles. The van der Waals surface area contributed by atoms with Crippen LogP contribution < -0.4 is 11.3 Å². The maximum Gasteiger partial charge on any atom is 0.137 e. The molecule has 0 aliphatic rings. The molecule has 4 nitrogen and oxygen atoms in total. The fourth-order valence-corrected chi connectivity index (χ4v) is 2.39. The first-order valence-electron chi connectivity index (χ1n) is 6.29. The molecule has 0 radical (unpaired) electrons. The van der Waals surface area contributed by atoms with E-state index in [2.05, 4.69) is 26.9 Å². The van der Waals surface area contributed by atoms with Crippen molar-refractivity contribution in [3.63, 3.8) is 0 Å². The Morgan fingerprint density at radius 1 is 1.25 bits per heavy atom. The summed E-state index contributed by atoms with van der Waals surface area (Å²) in [6.07, 6.45) is 4.53. The lowest BCUT2D eigenvalue weighted by atomic mass is 10.1. The first kappa shape index (κ1) is 12.8. The Labute approximate surface area is 122 Å². The van der Waals surface area contributed by atoms with Crippen LogP contribution in [0.25, 0.3) is 16.9 Å². The van der Waals surface area contributed by atoms with Crippen LogP contribution in [0, 0.1) is 0 Å². The van der Waals surface area contributed by atoms with Crippen LogP contribution in [-0.4, -0.2) is 14.4 Å². The van der Waals surface area contributed by atoms with Crippen LogP contribution in [0.4, 0.5) is 0 Å². The Morgan fingerprint density at radius 2 is 2.15 bits per heavy atom. The molecule has 0 atom stereocenters. The normalized spacial score (nSPS) is 10.7. The molecule has 3 N–H and O–H groups in total. The number of imidazole rings is 1. The number of rotatable bonds is 3. The van der Waals surface area contributed by atoms with Crippen LogP contribution >= 0.6 is 12.2 Å². The van der Waals surface area contributed by atoms with Crippen LogP contribution in [0.15, 0.2) is 54.9 Å². The number of thiocarbonyl (C=S) groups is 1. The van der Waals surface area contributed by atoms with E-state index in [9.17, 15) is 0 Å². The van der Waals surface area contributed by atoms with Gasteiger partial charge in [-0.15, -0.1) is 0 Å². The summed E-state index contributed by atoms with van der Waals surface area (Å²) in [5.74, 6) is 5.32. The summed E-state index contributed by atoms with van der Waals surface area (Å²) in [5, 5.41) is 0. The van der Waals surface area contributed by atoms with Crippen molar-refractivity contribution in [2.75, 3.05) is 0 Å². The van der Waals surface area contributed by atoms with Gasteiger partial charge in [-0.05, 0) is 23.8 Å². The zero-order valence-corrected chi connectivity index (χ0v) is 11.6. The molecule has 3 rings (SSSR count). The van der Waals surface area contributed by atoms with Gasteiger partial charge < -0.3 is 5.43 Å². The SMILES string of the molecule is NNC(=S)Cc1cccc(-c2cnc3ccccn23)c1. The van der Waals surface area contributed by atoms with Gasteiger partial charge in [-0.2, -0.15) is 0 Å². The Morgan fingerprint density at radius 3 is 3.00 bits per heavy atom. The number of hydrogen-bond donors (Lipinski definition) is 2. The lowest BCUT2D eigenvalue weighted by Crippen LogP contribution is -2.29. The number of hydrogen-bond acceptors (Lipinski definition) is 3. The first-order valence-corrected chi connectivity index (χ1v) is 6.69. The van der Waals surface area contributed by atoms with E-state index in [-0.39, 0.29) is 0 Å². The van der Waals surface area contributed by atoms with E-state index in [0.717, 1.165) is 22.5 Å². The number of nitrogens with two attached hydrogens (primary N) is 1. The third-order valence-corrected chi connectivity index (χ3v) is 3.43. The lowest BCUT2D eigenvalue weighted by molar-refractivity contribution is 1.02. The van der Waals surface area contributed by atoms with Gasteiger partial charge in [0.15, 0.2) is 0 Å². The van der Waals surface area contributed by atoms with E-state index >= 15 is 0 Å². The summed E-state index contributed by atoms with van der Waals surface area (Å²) in [5.41, 5.74) is 6.75. The molecule has 0 amide bonds. The van der Waals surface area contributed by atoms with Gasteiger partial charge in [-0.1, -0.05) is 36.5 Å². The molecular formula is C15H14N4S. The van der Waals surface area contributed by atoms with E-state index in [1.807, 2.05) is 42.7 Å². The van der Waals surface area contributed by atoms with Crippen molar-refractivity contribution in [3.8, 4) is 11.3 Å². The summed E-state index contributed by atoms with van der Waals surface area (Å²) in [6.45, 7) is 0. The number of fused-ring (bicyclic) bond motifs is 1. The molecule has 1 aromatic carbocycles. The number of nitrogens with one attached hydrogen (secondary N) is 1. The molecule has 0 fully saturated rings. The van der Waals surface area contributed by atoms with Gasteiger partial charge in [-0.3, -0.25) is 10.2 Å². The second kappa shape index (κ2) is 5.40. The summed E-state index contributed by atoms with van der Waals surface area (Å²) >= 11 is 5.10. The van der Waals surface area contributed by atoms with Crippen molar-refractivity contribution >= 4 is 22.9 Å². The van der Waals surface area contributed by atoms with Crippen LogP contribution in [0.5, 0.6) is 0 Å². The summed E-state index contributed by atoms with van der Waals surface area (Å²) in [6, 6.07) is 14.2. The Kier molecular flexibility index (Phi) is 3.45. The molecule has 0 saturated heterocycles. The highest BCUT2D eigenvalue weighted by Crippen LogP contribution is 2.22. The first-order chi connectivity index (χ1) is 9.78. The van der Waals surface area contributed by atoms with Crippen LogP contribution in [-0.2, 0) is 6.42 Å². The summed E-state index contributed by atoms with van der Waals surface area (Å²) in [4.78, 5) is 5.03. The fourth-order valence-electron chi connectivity index (χ4n) is 2.22. The molecule has 3 aromatic rings. The average Bonchev–Trinajstić information content (AvgIpc) is 2.91. The standard InChI is InChI=1S/C15H14N4S/c16-18-15(20)9-11-4-3-5-12(8-11)13-10-17-14-6-1-2-7-19(13)14/h1-8,10H,9,16H2,(H,18,20). The highest BCUT2D eigenvalue weighted by atomic mass is 32.1. The number of nitrogens with zero attached hydrogens (tertiary/aromatic N) is 2. The van der Waals surface area contributed by atoms with E-state index in [0.29, 0.717) is 11.4 Å². The predicted octanol–water partition coefficient (Wildman–Crippen LogP) is 2.33. The second-order valence-corrected chi connectivity index (χ2v) is 5.01. The quantitative estimate of drug-likeness (QED) is 0.440. The number of aromatic nitrogens is 2. The number of pyridine rings is 1. The van der Waals surface area contributed by atoms with Crippen LogP contribution in [0.1, 0.15) is 5.56 Å². The van der Waals surface area contributed by atoms with E-state index in [1.54, 1.807) is 0 Å². The van der Waals surface area contributed by atoms with Crippen molar-refractivity contribution in [1.82, 2.24) is 14.8 Å². The van der Waals surface area contributed by atoms with E-state index in [4.69, 9.17) is 18.1 Å². The zero-order valence-electron chi connectivity index (χ0n) is 10.8. The van der Waals surface area contributed by atoms with Crippen LogP contribution in [0.2, 0.25) is 0 Å². The highest BCUT2D eigenvalue weighted by molar-refractivity contribution is 7.80. The third kappa shape index (κ3) is 2.41. The Hall–Kier alpha value is -2.24.